The van der Waals surface area contributed by atoms with Crippen LogP contribution in [0.5, 0.6) is 0 Å². The summed E-state index contributed by atoms with van der Waals surface area (Å²) in [5.74, 6) is 0.341. The van der Waals surface area contributed by atoms with Crippen LogP contribution in [0.1, 0.15) is 30.9 Å². The molecule has 4 heteroatoms. The Morgan fingerprint density at radius 3 is 2.89 bits per heavy atom. The van der Waals surface area contributed by atoms with Crippen LogP contribution in [0.2, 0.25) is 0 Å². The summed E-state index contributed by atoms with van der Waals surface area (Å²) in [6.07, 6.45) is 2.42. The number of hydrogen-bond acceptors (Lipinski definition) is 3. The first kappa shape index (κ1) is 11.7. The van der Waals surface area contributed by atoms with Crippen LogP contribution in [-0.4, -0.2) is 14.2 Å². The van der Waals surface area contributed by atoms with E-state index in [-0.39, 0.29) is 17.1 Å². The molecule has 18 heavy (non-hydrogen) atoms. The van der Waals surface area contributed by atoms with Gasteiger partial charge in [-0.3, -0.25) is 0 Å². The van der Waals surface area contributed by atoms with Crippen LogP contribution in [0.25, 0.3) is 0 Å². The molecule has 0 spiro atoms. The number of fused-ring (bicyclic) bond motifs is 1. The lowest BCUT2D eigenvalue weighted by Gasteiger charge is -2.19. The van der Waals surface area contributed by atoms with Gasteiger partial charge in [-0.2, -0.15) is 5.26 Å². The third-order valence-corrected chi connectivity index (χ3v) is 6.20. The summed E-state index contributed by atoms with van der Waals surface area (Å²) in [5, 5.41) is 8.98. The number of rotatable bonds is 1. The summed E-state index contributed by atoms with van der Waals surface area (Å²) in [6, 6.07) is 7.93. The van der Waals surface area contributed by atoms with Crippen LogP contribution in [0.3, 0.4) is 0 Å². The van der Waals surface area contributed by atoms with E-state index in [0.29, 0.717) is 11.3 Å². The summed E-state index contributed by atoms with van der Waals surface area (Å²) < 4.78 is 23.8. The van der Waals surface area contributed by atoms with E-state index >= 15 is 0 Å². The van der Waals surface area contributed by atoms with Gasteiger partial charge in [0.05, 0.1) is 22.6 Å². The normalized spacial score (nSPS) is 32.3. The second-order valence-electron chi connectivity index (χ2n) is 5.55. The summed E-state index contributed by atoms with van der Waals surface area (Å²) in [6.45, 7) is 2.08. The highest BCUT2D eigenvalue weighted by Crippen LogP contribution is 2.53. The molecule has 0 N–H and O–H groups in total. The molecule has 0 radical (unpaired) electrons. The molecule has 94 valence electrons. The number of nitrogens with zero attached hydrogens (tertiary/aromatic N) is 1. The molecule has 2 unspecified atom stereocenters. The fourth-order valence-corrected chi connectivity index (χ4v) is 4.45. The van der Waals surface area contributed by atoms with Gasteiger partial charge in [0.25, 0.3) is 0 Å². The van der Waals surface area contributed by atoms with Gasteiger partial charge in [0.15, 0.2) is 9.84 Å². The lowest BCUT2D eigenvalue weighted by atomic mass is 9.93. The summed E-state index contributed by atoms with van der Waals surface area (Å²) in [7, 11) is -3.07. The van der Waals surface area contributed by atoms with Crippen molar-refractivity contribution in [2.75, 3.05) is 5.75 Å². The molecule has 2 atom stereocenters. The Balaban J connectivity index is 2.06. The molecule has 1 aliphatic carbocycles. The van der Waals surface area contributed by atoms with Gasteiger partial charge in [-0.1, -0.05) is 19.1 Å². The lowest BCUT2D eigenvalue weighted by Crippen LogP contribution is -2.17. The van der Waals surface area contributed by atoms with E-state index in [1.807, 2.05) is 12.1 Å². The number of nitriles is 1. The second kappa shape index (κ2) is 3.58. The maximum atomic E-state index is 11.9. The summed E-state index contributed by atoms with van der Waals surface area (Å²) >= 11 is 0. The van der Waals surface area contributed by atoms with E-state index < -0.39 is 9.84 Å². The zero-order valence-electron chi connectivity index (χ0n) is 10.3. The number of hydrogen-bond donors (Lipinski definition) is 0. The first-order valence-corrected chi connectivity index (χ1v) is 7.88. The molecule has 1 aromatic rings. The van der Waals surface area contributed by atoms with Gasteiger partial charge in [0, 0.05) is 5.41 Å². The highest BCUT2D eigenvalue weighted by molar-refractivity contribution is 7.91. The minimum absolute atomic E-state index is 0.0645. The highest BCUT2D eigenvalue weighted by Gasteiger charge is 2.52. The quantitative estimate of drug-likeness (QED) is 0.778. The maximum absolute atomic E-state index is 11.9. The van der Waals surface area contributed by atoms with Crippen molar-refractivity contribution in [3.63, 3.8) is 0 Å². The number of aryl methyl sites for hydroxylation is 1. The van der Waals surface area contributed by atoms with Crippen LogP contribution in [0.4, 0.5) is 0 Å². The molecule has 2 aliphatic rings. The molecule has 3 rings (SSSR count). The molecule has 1 fully saturated rings. The van der Waals surface area contributed by atoms with Gasteiger partial charge in [-0.05, 0) is 36.5 Å². The molecule has 0 amide bonds. The monoisotopic (exact) mass is 261 g/mol. The smallest absolute Gasteiger partial charge is 0.178 e. The molecule has 0 bridgehead atoms. The predicted molar refractivity (Wildman–Crippen MR) is 67.9 cm³/mol. The van der Waals surface area contributed by atoms with Crippen molar-refractivity contribution < 1.29 is 8.42 Å². The third-order valence-electron chi connectivity index (χ3n) is 4.31. The van der Waals surface area contributed by atoms with Crippen molar-refractivity contribution in [1.82, 2.24) is 0 Å². The van der Waals surface area contributed by atoms with Crippen LogP contribution in [0, 0.1) is 17.2 Å². The summed E-state index contributed by atoms with van der Waals surface area (Å²) in [4.78, 5) is 0.496. The Morgan fingerprint density at radius 2 is 2.22 bits per heavy atom. The largest absolute Gasteiger partial charge is 0.224 e. The summed E-state index contributed by atoms with van der Waals surface area (Å²) in [5.41, 5.74) is 1.99. The maximum Gasteiger partial charge on any atom is 0.178 e. The minimum Gasteiger partial charge on any atom is -0.224 e. The van der Waals surface area contributed by atoms with E-state index in [4.69, 9.17) is 5.26 Å². The first-order chi connectivity index (χ1) is 8.47. The van der Waals surface area contributed by atoms with E-state index in [9.17, 15) is 8.42 Å². The molecule has 3 nitrogen and oxygen atoms in total. The third kappa shape index (κ3) is 1.58. The molecular weight excluding hydrogens is 246 g/mol. The van der Waals surface area contributed by atoms with Crippen molar-refractivity contribution in [3.05, 3.63) is 29.3 Å². The van der Waals surface area contributed by atoms with Gasteiger partial charge < -0.3 is 0 Å². The molecule has 1 aromatic carbocycles. The molecule has 0 aromatic heterocycles. The minimum atomic E-state index is -3.07. The Labute approximate surface area is 107 Å². The van der Waals surface area contributed by atoms with E-state index in [1.165, 1.54) is 0 Å². The van der Waals surface area contributed by atoms with Gasteiger partial charge in [-0.15, -0.1) is 0 Å². The van der Waals surface area contributed by atoms with Gasteiger partial charge in [0.1, 0.15) is 0 Å². The highest BCUT2D eigenvalue weighted by atomic mass is 32.2. The Hall–Kier alpha value is -1.34. The number of benzene rings is 1. The van der Waals surface area contributed by atoms with E-state index in [1.54, 1.807) is 6.07 Å². The SMILES string of the molecule is CC1(c2ccc3c(c2)CCCS3(=O)=O)CC1C#N. The fraction of sp³-hybridized carbons (Fsp3) is 0.500. The van der Waals surface area contributed by atoms with Gasteiger partial charge in [-0.25, -0.2) is 8.42 Å². The van der Waals surface area contributed by atoms with Gasteiger partial charge >= 0.3 is 0 Å². The zero-order valence-corrected chi connectivity index (χ0v) is 11.1. The molecule has 1 aliphatic heterocycles. The van der Waals surface area contributed by atoms with Crippen molar-refractivity contribution in [1.29, 1.82) is 5.26 Å². The van der Waals surface area contributed by atoms with Crippen molar-refractivity contribution in [2.24, 2.45) is 5.92 Å². The Kier molecular flexibility index (Phi) is 2.33. The van der Waals surface area contributed by atoms with Crippen molar-refractivity contribution >= 4 is 9.84 Å². The second-order valence-corrected chi connectivity index (χ2v) is 7.63. The molecular formula is C14H15NO2S. The van der Waals surface area contributed by atoms with Crippen molar-refractivity contribution in [3.8, 4) is 6.07 Å². The van der Waals surface area contributed by atoms with Crippen LogP contribution in [-0.2, 0) is 21.7 Å². The molecule has 1 heterocycles. The average molecular weight is 261 g/mol. The van der Waals surface area contributed by atoms with Gasteiger partial charge in [0.2, 0.25) is 0 Å². The lowest BCUT2D eigenvalue weighted by molar-refractivity contribution is 0.586. The zero-order chi connectivity index (χ0) is 13.0. The first-order valence-electron chi connectivity index (χ1n) is 6.23. The number of sulfone groups is 1. The Morgan fingerprint density at radius 1 is 1.44 bits per heavy atom. The van der Waals surface area contributed by atoms with Crippen molar-refractivity contribution in [2.45, 2.75) is 36.5 Å². The molecule has 0 saturated heterocycles. The molecule has 1 saturated carbocycles. The predicted octanol–water partition coefficient (Wildman–Crippen LogP) is 2.21. The topological polar surface area (TPSA) is 57.9 Å². The average Bonchev–Trinajstić information content (AvgIpc) is 3.01. The van der Waals surface area contributed by atoms with Crippen LogP contribution in [0.15, 0.2) is 23.1 Å². The Bertz CT molecular complexity index is 657. The van der Waals surface area contributed by atoms with Crippen LogP contribution < -0.4 is 0 Å². The van der Waals surface area contributed by atoms with Crippen LogP contribution >= 0.6 is 0 Å². The standard InChI is InChI=1S/C14H15NO2S/c1-14(8-12(14)9-15)11-4-5-13-10(7-11)3-2-6-18(13,16)17/h4-5,7,12H,2-3,6,8H2,1H3. The van der Waals surface area contributed by atoms with E-state index in [0.717, 1.165) is 24.0 Å². The van der Waals surface area contributed by atoms with E-state index in [2.05, 4.69) is 13.0 Å². The fourth-order valence-electron chi connectivity index (χ4n) is 2.87.